The second kappa shape index (κ2) is 11.8. The third kappa shape index (κ3) is 6.70. The highest BCUT2D eigenvalue weighted by Gasteiger charge is 2.43. The molecule has 1 heterocycles. The highest BCUT2D eigenvalue weighted by Crippen LogP contribution is 2.48. The second-order valence-corrected chi connectivity index (χ2v) is 9.96. The van der Waals surface area contributed by atoms with Crippen LogP contribution in [0.2, 0.25) is 0 Å². The maximum Gasteiger partial charge on any atom is 0.222 e. The Hall–Kier alpha value is -2.11. The summed E-state index contributed by atoms with van der Waals surface area (Å²) in [7, 11) is 0. The van der Waals surface area contributed by atoms with Gasteiger partial charge in [0.05, 0.1) is 6.10 Å². The van der Waals surface area contributed by atoms with Crippen LogP contribution in [0.3, 0.4) is 0 Å². The lowest BCUT2D eigenvalue weighted by Crippen LogP contribution is -2.35. The molecular formula is C28H39NO4. The number of hydrogen-bond acceptors (Lipinski definition) is 4. The molecule has 2 N–H and O–H groups in total. The largest absolute Gasteiger partial charge is 0.491 e. The number of unbranched alkanes of at least 4 members (excludes halogenated alkanes) is 1. The molecule has 1 aromatic carbocycles. The van der Waals surface area contributed by atoms with Gasteiger partial charge in [-0.3, -0.25) is 4.79 Å². The number of para-hydroxylation sites is 1. The van der Waals surface area contributed by atoms with E-state index >= 15 is 0 Å². The molecule has 2 aliphatic carbocycles. The van der Waals surface area contributed by atoms with E-state index in [9.17, 15) is 15.0 Å². The van der Waals surface area contributed by atoms with Crippen LogP contribution in [0.25, 0.3) is 0 Å². The van der Waals surface area contributed by atoms with Gasteiger partial charge in [0.1, 0.15) is 18.5 Å². The molecule has 5 heteroatoms. The predicted octanol–water partition coefficient (Wildman–Crippen LogP) is 4.50. The molecule has 0 spiro atoms. The van der Waals surface area contributed by atoms with Gasteiger partial charge in [-0.2, -0.15) is 0 Å². The fourth-order valence-electron chi connectivity index (χ4n) is 5.73. The molecule has 180 valence electrons. The first-order chi connectivity index (χ1) is 16.1. The fourth-order valence-corrected chi connectivity index (χ4v) is 5.73. The van der Waals surface area contributed by atoms with Gasteiger partial charge in [0, 0.05) is 25.4 Å². The maximum absolute atomic E-state index is 12.3. The van der Waals surface area contributed by atoms with Crippen LogP contribution in [-0.2, 0) is 4.79 Å². The number of nitrogens with zero attached hydrogens (tertiary/aromatic N) is 1. The van der Waals surface area contributed by atoms with E-state index in [1.54, 1.807) is 6.08 Å². The minimum Gasteiger partial charge on any atom is -0.491 e. The van der Waals surface area contributed by atoms with Gasteiger partial charge < -0.3 is 19.8 Å². The standard InChI is InChI=1S/C28H39NO4/c30-23(20-33-24-10-3-1-4-11-24)13-14-25-26-18-21(17-22(26)19-27(25)31)9-5-6-12-28(32)29-15-7-2-8-16-29/h1,3-4,10-11,13-14,17,22-23,25-27,30-31H,2,5-9,12,15-16,18-20H2/b14-13+/t22-,23+,25+,26-,27+/m0/s1. The van der Waals surface area contributed by atoms with E-state index in [2.05, 4.69) is 6.08 Å². The van der Waals surface area contributed by atoms with Crippen LogP contribution in [0.15, 0.2) is 54.1 Å². The van der Waals surface area contributed by atoms with Crippen LogP contribution in [0.4, 0.5) is 0 Å². The van der Waals surface area contributed by atoms with Gasteiger partial charge in [-0.05, 0) is 75.3 Å². The van der Waals surface area contributed by atoms with Crippen LogP contribution in [0.5, 0.6) is 5.75 Å². The third-order valence-electron chi connectivity index (χ3n) is 7.52. The van der Waals surface area contributed by atoms with E-state index in [4.69, 9.17) is 4.74 Å². The zero-order valence-corrected chi connectivity index (χ0v) is 19.6. The van der Waals surface area contributed by atoms with Gasteiger partial charge in [0.15, 0.2) is 0 Å². The second-order valence-electron chi connectivity index (χ2n) is 9.96. The Morgan fingerprint density at radius 3 is 2.73 bits per heavy atom. The molecule has 1 aliphatic heterocycles. The molecule has 0 aromatic heterocycles. The van der Waals surface area contributed by atoms with Gasteiger partial charge in [-0.1, -0.05) is 42.0 Å². The van der Waals surface area contributed by atoms with E-state index in [1.807, 2.05) is 41.3 Å². The molecule has 0 radical (unpaired) electrons. The molecule has 3 aliphatic rings. The number of carbonyl (C=O) groups excluding carboxylic acids is 1. The van der Waals surface area contributed by atoms with Gasteiger partial charge in [0.25, 0.3) is 0 Å². The molecule has 4 rings (SSSR count). The van der Waals surface area contributed by atoms with Crippen molar-refractivity contribution < 1.29 is 19.7 Å². The lowest BCUT2D eigenvalue weighted by atomic mass is 9.88. The first-order valence-corrected chi connectivity index (χ1v) is 12.8. The van der Waals surface area contributed by atoms with Gasteiger partial charge in [-0.15, -0.1) is 0 Å². The SMILES string of the molecule is O=C(CCCCC1=C[C@H]2C[C@@H](O)[C@H](/C=C/[C@@H](O)COc3ccccc3)[C@H]2C1)N1CCCCC1. The number of benzene rings is 1. The Kier molecular flexibility index (Phi) is 8.63. The molecule has 1 aromatic rings. The molecule has 0 unspecified atom stereocenters. The number of aliphatic hydroxyl groups excluding tert-OH is 2. The topological polar surface area (TPSA) is 70.0 Å². The van der Waals surface area contributed by atoms with Crippen molar-refractivity contribution in [3.63, 3.8) is 0 Å². The number of rotatable bonds is 10. The number of allylic oxidation sites excluding steroid dienone is 2. The molecule has 5 nitrogen and oxygen atoms in total. The number of aliphatic hydroxyl groups is 2. The summed E-state index contributed by atoms with van der Waals surface area (Å²) in [6.45, 7) is 2.09. The summed E-state index contributed by atoms with van der Waals surface area (Å²) < 4.78 is 5.62. The van der Waals surface area contributed by atoms with E-state index < -0.39 is 6.10 Å². The lowest BCUT2D eigenvalue weighted by Gasteiger charge is -2.26. The predicted molar refractivity (Wildman–Crippen MR) is 130 cm³/mol. The minimum absolute atomic E-state index is 0.0794. The van der Waals surface area contributed by atoms with E-state index in [1.165, 1.54) is 12.0 Å². The Bertz CT molecular complexity index is 814. The fraction of sp³-hybridized carbons (Fsp3) is 0.607. The van der Waals surface area contributed by atoms with Crippen molar-refractivity contribution in [1.82, 2.24) is 4.90 Å². The van der Waals surface area contributed by atoms with Crippen molar-refractivity contribution in [2.75, 3.05) is 19.7 Å². The quantitative estimate of drug-likeness (QED) is 0.404. The van der Waals surface area contributed by atoms with E-state index in [0.29, 0.717) is 24.2 Å². The number of likely N-dealkylation sites (tertiary alicyclic amines) is 1. The Balaban J connectivity index is 1.18. The zero-order chi connectivity index (χ0) is 23.0. The number of fused-ring (bicyclic) bond motifs is 1. The van der Waals surface area contributed by atoms with Crippen LogP contribution in [-0.4, -0.2) is 52.9 Å². The summed E-state index contributed by atoms with van der Waals surface area (Å²) in [4.78, 5) is 14.4. The molecule has 1 saturated carbocycles. The number of hydrogen-bond donors (Lipinski definition) is 2. The molecule has 33 heavy (non-hydrogen) atoms. The highest BCUT2D eigenvalue weighted by atomic mass is 16.5. The summed E-state index contributed by atoms with van der Waals surface area (Å²) in [5, 5.41) is 20.9. The number of piperidine rings is 1. The smallest absolute Gasteiger partial charge is 0.222 e. The van der Waals surface area contributed by atoms with Crippen molar-refractivity contribution in [3.05, 3.63) is 54.1 Å². The van der Waals surface area contributed by atoms with Gasteiger partial charge in [0.2, 0.25) is 5.91 Å². The van der Waals surface area contributed by atoms with Gasteiger partial charge >= 0.3 is 0 Å². The Labute approximate surface area is 198 Å². The Morgan fingerprint density at radius 1 is 1.15 bits per heavy atom. The van der Waals surface area contributed by atoms with Crippen LogP contribution >= 0.6 is 0 Å². The third-order valence-corrected chi connectivity index (χ3v) is 7.52. The molecule has 2 fully saturated rings. The summed E-state index contributed by atoms with van der Waals surface area (Å²) in [6, 6.07) is 9.49. The average Bonchev–Trinajstić information content (AvgIpc) is 3.36. The van der Waals surface area contributed by atoms with Crippen molar-refractivity contribution >= 4 is 5.91 Å². The van der Waals surface area contributed by atoms with E-state index in [0.717, 1.165) is 63.8 Å². The molecule has 5 atom stereocenters. The number of carbonyl (C=O) groups is 1. The van der Waals surface area contributed by atoms with Crippen LogP contribution in [0.1, 0.15) is 57.8 Å². The minimum atomic E-state index is -0.692. The normalized spacial score (nSPS) is 28.1. The summed E-state index contributed by atoms with van der Waals surface area (Å²) in [5.41, 5.74) is 1.48. The molecule has 0 bridgehead atoms. The van der Waals surface area contributed by atoms with Crippen molar-refractivity contribution in [2.45, 2.75) is 70.0 Å². The highest BCUT2D eigenvalue weighted by molar-refractivity contribution is 5.76. The maximum atomic E-state index is 12.3. The van der Waals surface area contributed by atoms with E-state index in [-0.39, 0.29) is 18.6 Å². The summed E-state index contributed by atoms with van der Waals surface area (Å²) >= 11 is 0. The van der Waals surface area contributed by atoms with Crippen LogP contribution < -0.4 is 4.74 Å². The monoisotopic (exact) mass is 453 g/mol. The van der Waals surface area contributed by atoms with Gasteiger partial charge in [-0.25, -0.2) is 0 Å². The summed E-state index contributed by atoms with van der Waals surface area (Å²) in [5.74, 6) is 2.00. The first kappa shape index (κ1) is 24.0. The molecule has 1 saturated heterocycles. The molecular weight excluding hydrogens is 414 g/mol. The summed E-state index contributed by atoms with van der Waals surface area (Å²) in [6.07, 6.45) is 14.3. The van der Waals surface area contributed by atoms with Crippen molar-refractivity contribution in [1.29, 1.82) is 0 Å². The van der Waals surface area contributed by atoms with Crippen molar-refractivity contribution in [3.8, 4) is 5.75 Å². The van der Waals surface area contributed by atoms with Crippen LogP contribution in [0, 0.1) is 17.8 Å². The number of amides is 1. The first-order valence-electron chi connectivity index (χ1n) is 12.8. The molecule has 1 amide bonds. The number of ether oxygens (including phenoxy) is 1. The Morgan fingerprint density at radius 2 is 1.94 bits per heavy atom. The average molecular weight is 454 g/mol. The van der Waals surface area contributed by atoms with Crippen molar-refractivity contribution in [2.24, 2.45) is 17.8 Å². The lowest BCUT2D eigenvalue weighted by molar-refractivity contribution is -0.132. The zero-order valence-electron chi connectivity index (χ0n) is 19.6.